The summed E-state index contributed by atoms with van der Waals surface area (Å²) in [5, 5.41) is 0. The van der Waals surface area contributed by atoms with Gasteiger partial charge < -0.3 is 4.74 Å². The molecule has 88 valence electrons. The fourth-order valence-corrected chi connectivity index (χ4v) is 2.59. The van der Waals surface area contributed by atoms with Crippen molar-refractivity contribution in [1.29, 1.82) is 0 Å². The van der Waals surface area contributed by atoms with Crippen LogP contribution in [0.1, 0.15) is 39.5 Å². The molecule has 1 aromatic rings. The minimum atomic E-state index is 0.434. The molecule has 0 bridgehead atoms. The molecule has 0 spiro atoms. The summed E-state index contributed by atoms with van der Waals surface area (Å²) in [5.41, 5.74) is 0. The normalized spacial score (nSPS) is 25.7. The van der Waals surface area contributed by atoms with Crippen LogP contribution < -0.4 is 4.74 Å². The Hall–Kier alpha value is -0.980. The quantitative estimate of drug-likeness (QED) is 0.735. The van der Waals surface area contributed by atoms with E-state index in [9.17, 15) is 0 Å². The Labute approximate surface area is 98.8 Å². The topological polar surface area (TPSA) is 9.23 Å². The molecule has 0 N–H and O–H groups in total. The van der Waals surface area contributed by atoms with Gasteiger partial charge in [0.15, 0.2) is 0 Å². The van der Waals surface area contributed by atoms with Crippen LogP contribution in [0.25, 0.3) is 0 Å². The van der Waals surface area contributed by atoms with Crippen molar-refractivity contribution in [3.63, 3.8) is 0 Å². The smallest absolute Gasteiger partial charge is 0.119 e. The number of ether oxygens (including phenoxy) is 1. The first-order chi connectivity index (χ1) is 7.75. The van der Waals surface area contributed by atoms with E-state index in [1.807, 2.05) is 18.2 Å². The highest BCUT2D eigenvalue weighted by molar-refractivity contribution is 5.21. The molecule has 1 saturated carbocycles. The highest BCUT2D eigenvalue weighted by Crippen LogP contribution is 2.32. The average molecular weight is 218 g/mol. The number of para-hydroxylation sites is 1. The van der Waals surface area contributed by atoms with E-state index < -0.39 is 0 Å². The molecule has 0 saturated heterocycles. The maximum absolute atomic E-state index is 6.04. The Morgan fingerprint density at radius 1 is 1.12 bits per heavy atom. The molecule has 1 aliphatic carbocycles. The van der Waals surface area contributed by atoms with Gasteiger partial charge in [0, 0.05) is 0 Å². The molecule has 0 amide bonds. The molecule has 1 nitrogen and oxygen atoms in total. The van der Waals surface area contributed by atoms with E-state index in [2.05, 4.69) is 26.0 Å². The Bertz CT molecular complexity index is 304. The molecule has 0 aliphatic heterocycles. The summed E-state index contributed by atoms with van der Waals surface area (Å²) in [4.78, 5) is 0. The van der Waals surface area contributed by atoms with Gasteiger partial charge >= 0.3 is 0 Å². The monoisotopic (exact) mass is 218 g/mol. The summed E-state index contributed by atoms with van der Waals surface area (Å²) in [6.07, 6.45) is 5.58. The van der Waals surface area contributed by atoms with Crippen LogP contribution in [0.4, 0.5) is 0 Å². The summed E-state index contributed by atoms with van der Waals surface area (Å²) in [6, 6.07) is 10.2. The van der Waals surface area contributed by atoms with Gasteiger partial charge in [0.25, 0.3) is 0 Å². The second kappa shape index (κ2) is 5.38. The van der Waals surface area contributed by atoms with Crippen molar-refractivity contribution in [3.05, 3.63) is 30.3 Å². The van der Waals surface area contributed by atoms with Crippen LogP contribution in [0.5, 0.6) is 5.75 Å². The SMILES string of the molecule is CC(C)C1CCCC(Oc2ccccc2)C1. The highest BCUT2D eigenvalue weighted by atomic mass is 16.5. The Balaban J connectivity index is 1.90. The third-order valence-corrected chi connectivity index (χ3v) is 3.66. The molecule has 2 atom stereocenters. The highest BCUT2D eigenvalue weighted by Gasteiger charge is 2.25. The zero-order valence-corrected chi connectivity index (χ0v) is 10.4. The number of rotatable bonds is 3. The second-order valence-corrected chi connectivity index (χ2v) is 5.22. The van der Waals surface area contributed by atoms with Crippen molar-refractivity contribution in [3.8, 4) is 5.75 Å². The largest absolute Gasteiger partial charge is 0.490 e. The van der Waals surface area contributed by atoms with Crippen LogP contribution in [0.2, 0.25) is 0 Å². The molecule has 0 heterocycles. The van der Waals surface area contributed by atoms with Crippen molar-refractivity contribution < 1.29 is 4.74 Å². The van der Waals surface area contributed by atoms with Gasteiger partial charge in [-0.1, -0.05) is 32.0 Å². The fraction of sp³-hybridized carbons (Fsp3) is 0.600. The van der Waals surface area contributed by atoms with Gasteiger partial charge in [-0.2, -0.15) is 0 Å². The lowest BCUT2D eigenvalue weighted by molar-refractivity contribution is 0.106. The first-order valence-electron chi connectivity index (χ1n) is 6.47. The molecule has 1 aromatic carbocycles. The van der Waals surface area contributed by atoms with Gasteiger partial charge in [0.05, 0.1) is 6.10 Å². The molecule has 1 aliphatic rings. The van der Waals surface area contributed by atoms with Crippen LogP contribution in [0, 0.1) is 11.8 Å². The third kappa shape index (κ3) is 3.01. The van der Waals surface area contributed by atoms with Gasteiger partial charge in [-0.25, -0.2) is 0 Å². The third-order valence-electron chi connectivity index (χ3n) is 3.66. The van der Waals surface area contributed by atoms with Crippen molar-refractivity contribution >= 4 is 0 Å². The minimum Gasteiger partial charge on any atom is -0.490 e. The van der Waals surface area contributed by atoms with Crippen molar-refractivity contribution in [1.82, 2.24) is 0 Å². The molecule has 1 heteroatoms. The standard InChI is InChI=1S/C15H22O/c1-12(2)13-7-6-10-15(11-13)16-14-8-4-3-5-9-14/h3-5,8-9,12-13,15H,6-7,10-11H2,1-2H3. The van der Waals surface area contributed by atoms with Crippen LogP contribution in [0.3, 0.4) is 0 Å². The van der Waals surface area contributed by atoms with Gasteiger partial charge in [-0.3, -0.25) is 0 Å². The predicted molar refractivity (Wildman–Crippen MR) is 67.7 cm³/mol. The Morgan fingerprint density at radius 3 is 2.56 bits per heavy atom. The summed E-state index contributed by atoms with van der Waals surface area (Å²) < 4.78 is 6.04. The van der Waals surface area contributed by atoms with Gasteiger partial charge in [0.1, 0.15) is 5.75 Å². The Morgan fingerprint density at radius 2 is 1.88 bits per heavy atom. The molecular formula is C15H22O. The summed E-state index contributed by atoms with van der Waals surface area (Å²) in [6.45, 7) is 4.66. The Kier molecular flexibility index (Phi) is 3.87. The molecule has 2 unspecified atom stereocenters. The predicted octanol–water partition coefficient (Wildman–Crippen LogP) is 4.28. The lowest BCUT2D eigenvalue weighted by Crippen LogP contribution is -2.27. The van der Waals surface area contributed by atoms with Crippen LogP contribution in [-0.4, -0.2) is 6.10 Å². The summed E-state index contributed by atoms with van der Waals surface area (Å²) in [7, 11) is 0. The van der Waals surface area contributed by atoms with Gasteiger partial charge in [-0.15, -0.1) is 0 Å². The number of hydrogen-bond donors (Lipinski definition) is 0. The van der Waals surface area contributed by atoms with E-state index in [0.29, 0.717) is 6.10 Å². The van der Waals surface area contributed by atoms with E-state index in [0.717, 1.165) is 17.6 Å². The van der Waals surface area contributed by atoms with Crippen LogP contribution >= 0.6 is 0 Å². The zero-order chi connectivity index (χ0) is 11.4. The van der Waals surface area contributed by atoms with E-state index >= 15 is 0 Å². The van der Waals surface area contributed by atoms with Crippen LogP contribution in [0.15, 0.2) is 30.3 Å². The summed E-state index contributed by atoms with van der Waals surface area (Å²) in [5.74, 6) is 2.67. The number of hydrogen-bond acceptors (Lipinski definition) is 1. The van der Waals surface area contributed by atoms with Crippen molar-refractivity contribution in [2.75, 3.05) is 0 Å². The van der Waals surface area contributed by atoms with E-state index in [1.165, 1.54) is 25.7 Å². The van der Waals surface area contributed by atoms with E-state index in [1.54, 1.807) is 0 Å². The molecule has 1 fully saturated rings. The zero-order valence-electron chi connectivity index (χ0n) is 10.4. The molecule has 0 radical (unpaired) electrons. The first-order valence-corrected chi connectivity index (χ1v) is 6.47. The first kappa shape index (κ1) is 11.5. The second-order valence-electron chi connectivity index (χ2n) is 5.22. The van der Waals surface area contributed by atoms with Crippen LogP contribution in [-0.2, 0) is 0 Å². The molecule has 16 heavy (non-hydrogen) atoms. The summed E-state index contributed by atoms with van der Waals surface area (Å²) >= 11 is 0. The average Bonchev–Trinajstić information content (AvgIpc) is 2.30. The lowest BCUT2D eigenvalue weighted by atomic mass is 9.80. The van der Waals surface area contributed by atoms with Gasteiger partial charge in [0.2, 0.25) is 0 Å². The minimum absolute atomic E-state index is 0.434. The molecule has 0 aromatic heterocycles. The maximum atomic E-state index is 6.04. The number of benzene rings is 1. The molecular weight excluding hydrogens is 196 g/mol. The fourth-order valence-electron chi connectivity index (χ4n) is 2.59. The van der Waals surface area contributed by atoms with Gasteiger partial charge in [-0.05, 0) is 49.7 Å². The molecule has 2 rings (SSSR count). The van der Waals surface area contributed by atoms with Crippen molar-refractivity contribution in [2.45, 2.75) is 45.6 Å². The lowest BCUT2D eigenvalue weighted by Gasteiger charge is -2.31. The van der Waals surface area contributed by atoms with Crippen molar-refractivity contribution in [2.24, 2.45) is 11.8 Å². The van der Waals surface area contributed by atoms with E-state index in [-0.39, 0.29) is 0 Å². The van der Waals surface area contributed by atoms with E-state index in [4.69, 9.17) is 4.74 Å². The maximum Gasteiger partial charge on any atom is 0.119 e.